The number of carbonyl (C=O) groups excluding carboxylic acids is 1. The Labute approximate surface area is 257 Å². The Morgan fingerprint density at radius 3 is 2.79 bits per heavy atom. The summed E-state index contributed by atoms with van der Waals surface area (Å²) in [5.74, 6) is 2.40. The second-order valence-electron chi connectivity index (χ2n) is 11.4. The number of carboxylic acid groups (broad SMARTS) is 1. The number of fused-ring (bicyclic) bond motifs is 4. The van der Waals surface area contributed by atoms with Gasteiger partial charge in [0, 0.05) is 25.6 Å². The summed E-state index contributed by atoms with van der Waals surface area (Å²) in [5.41, 5.74) is 1.91. The van der Waals surface area contributed by atoms with Crippen LogP contribution in [0.4, 0.5) is 5.82 Å². The van der Waals surface area contributed by atoms with Crippen molar-refractivity contribution in [2.45, 2.75) is 57.9 Å². The Bertz CT molecular complexity index is 1720. The molecule has 3 atom stereocenters. The number of Topliss-reactive ketones (excluding diaryl/α,β-unsaturated/α-hetero) is 1. The van der Waals surface area contributed by atoms with Crippen LogP contribution in [-0.2, 0) is 24.3 Å². The number of rotatable bonds is 9. The molecule has 0 radical (unpaired) electrons. The van der Waals surface area contributed by atoms with Gasteiger partial charge < -0.3 is 28.8 Å². The molecule has 0 spiro atoms. The third-order valence-corrected chi connectivity index (χ3v) is 10.2. The number of halogens is 1. The van der Waals surface area contributed by atoms with Gasteiger partial charge in [0.2, 0.25) is 5.88 Å². The number of ether oxygens (including phenoxy) is 3. The summed E-state index contributed by atoms with van der Waals surface area (Å²) in [6.07, 6.45) is 3.80. The Hall–Kier alpha value is -3.67. The fraction of sp³-hybridized carbons (Fsp3) is 0.419. The molecule has 7 rings (SSSR count). The maximum Gasteiger partial charge on any atom is 0.335 e. The number of aromatic carboxylic acids is 1. The number of hydrogen-bond acceptors (Lipinski definition) is 9. The van der Waals surface area contributed by atoms with Crippen molar-refractivity contribution in [3.8, 4) is 11.6 Å². The number of benzene rings is 1. The molecule has 12 heteroatoms. The number of imidazole rings is 1. The molecule has 1 aromatic carbocycles. The van der Waals surface area contributed by atoms with Crippen molar-refractivity contribution in [1.29, 1.82) is 0 Å². The Morgan fingerprint density at radius 1 is 1.19 bits per heavy atom. The number of carboxylic acids is 1. The molecular weight excluding hydrogens is 592 g/mol. The minimum absolute atomic E-state index is 0.0198. The number of anilines is 1. The summed E-state index contributed by atoms with van der Waals surface area (Å²) >= 11 is 7.65. The average Bonchev–Trinajstić information content (AvgIpc) is 3.52. The number of hydrogen-bond donors (Lipinski definition) is 1. The Kier molecular flexibility index (Phi) is 7.48. The van der Waals surface area contributed by atoms with Crippen molar-refractivity contribution < 1.29 is 28.9 Å². The number of pyridine rings is 1. The topological polar surface area (TPSA) is 116 Å². The third kappa shape index (κ3) is 5.57. The van der Waals surface area contributed by atoms with Crippen LogP contribution in [0.3, 0.4) is 0 Å². The molecule has 2 unspecified atom stereocenters. The highest BCUT2D eigenvalue weighted by molar-refractivity contribution is 7.14. The van der Waals surface area contributed by atoms with E-state index in [0.29, 0.717) is 34.8 Å². The van der Waals surface area contributed by atoms with Crippen LogP contribution < -0.4 is 14.4 Å². The largest absolute Gasteiger partial charge is 0.488 e. The van der Waals surface area contributed by atoms with E-state index in [9.17, 15) is 14.7 Å². The van der Waals surface area contributed by atoms with Gasteiger partial charge in [-0.25, -0.2) is 9.78 Å². The second kappa shape index (κ2) is 11.4. The van der Waals surface area contributed by atoms with Gasteiger partial charge in [0.25, 0.3) is 0 Å². The zero-order valence-corrected chi connectivity index (χ0v) is 25.2. The van der Waals surface area contributed by atoms with Gasteiger partial charge in [0.15, 0.2) is 17.4 Å². The summed E-state index contributed by atoms with van der Waals surface area (Å²) in [6.45, 7) is 4.60. The molecule has 6 heterocycles. The normalized spacial score (nSPS) is 21.1. The second-order valence-corrected chi connectivity index (χ2v) is 12.9. The molecule has 1 N–H and O–H groups in total. The summed E-state index contributed by atoms with van der Waals surface area (Å²) in [5, 5.41) is 10.1. The third-order valence-electron chi connectivity index (χ3n) is 8.52. The molecule has 2 saturated heterocycles. The first-order valence-electron chi connectivity index (χ1n) is 14.5. The molecule has 2 fully saturated rings. The smallest absolute Gasteiger partial charge is 0.335 e. The monoisotopic (exact) mass is 622 g/mol. The lowest BCUT2D eigenvalue weighted by atomic mass is 9.87. The van der Waals surface area contributed by atoms with E-state index in [4.69, 9.17) is 35.8 Å². The van der Waals surface area contributed by atoms with Crippen molar-refractivity contribution in [2.75, 3.05) is 24.7 Å². The molecule has 0 amide bonds. The van der Waals surface area contributed by atoms with Crippen molar-refractivity contribution >= 4 is 51.5 Å². The van der Waals surface area contributed by atoms with Gasteiger partial charge in [-0.15, -0.1) is 11.3 Å². The molecule has 3 aromatic heterocycles. The van der Waals surface area contributed by atoms with E-state index in [2.05, 4.69) is 9.47 Å². The number of aromatic nitrogens is 3. The first kappa shape index (κ1) is 28.1. The summed E-state index contributed by atoms with van der Waals surface area (Å²) in [4.78, 5) is 36.8. The van der Waals surface area contributed by atoms with E-state index in [1.807, 2.05) is 6.07 Å². The van der Waals surface area contributed by atoms with Crippen LogP contribution in [0.2, 0.25) is 5.02 Å². The number of nitrogens with zero attached hydrogens (tertiary/aromatic N) is 4. The van der Waals surface area contributed by atoms with Gasteiger partial charge in [-0.2, -0.15) is 4.98 Å². The fourth-order valence-corrected chi connectivity index (χ4v) is 7.34. The van der Waals surface area contributed by atoms with Gasteiger partial charge in [0.1, 0.15) is 19.0 Å². The highest BCUT2D eigenvalue weighted by Gasteiger charge is 2.36. The predicted octanol–water partition coefficient (Wildman–Crippen LogP) is 5.64. The highest BCUT2D eigenvalue weighted by Crippen LogP contribution is 2.40. The number of ketones is 1. The van der Waals surface area contributed by atoms with Crippen LogP contribution in [0.25, 0.3) is 11.0 Å². The number of carbonyl (C=O) groups is 2. The maximum atomic E-state index is 11.7. The Morgan fingerprint density at radius 2 is 2.05 bits per heavy atom. The molecule has 43 heavy (non-hydrogen) atoms. The minimum atomic E-state index is -0.944. The van der Waals surface area contributed by atoms with E-state index in [-0.39, 0.29) is 30.1 Å². The number of thiophene rings is 1. The van der Waals surface area contributed by atoms with Gasteiger partial charge in [-0.1, -0.05) is 11.6 Å². The van der Waals surface area contributed by atoms with Gasteiger partial charge in [-0.3, -0.25) is 4.79 Å². The van der Waals surface area contributed by atoms with Crippen LogP contribution in [0, 0.1) is 5.92 Å². The molecule has 3 aliphatic heterocycles. The highest BCUT2D eigenvalue weighted by atomic mass is 35.5. The first-order valence-corrected chi connectivity index (χ1v) is 15.7. The van der Waals surface area contributed by atoms with E-state index in [1.54, 1.807) is 30.3 Å². The van der Waals surface area contributed by atoms with E-state index < -0.39 is 5.97 Å². The van der Waals surface area contributed by atoms with Crippen LogP contribution in [-0.4, -0.2) is 63.3 Å². The molecule has 0 saturated carbocycles. The van der Waals surface area contributed by atoms with Crippen LogP contribution in [0.5, 0.6) is 11.6 Å². The van der Waals surface area contributed by atoms with Crippen molar-refractivity contribution in [3.05, 3.63) is 62.6 Å². The summed E-state index contributed by atoms with van der Waals surface area (Å²) in [7, 11) is 0. The van der Waals surface area contributed by atoms with Crippen molar-refractivity contribution in [2.24, 2.45) is 5.92 Å². The zero-order valence-electron chi connectivity index (χ0n) is 23.6. The summed E-state index contributed by atoms with van der Waals surface area (Å²) < 4.78 is 20.0. The predicted molar refractivity (Wildman–Crippen MR) is 162 cm³/mol. The van der Waals surface area contributed by atoms with E-state index in [0.717, 1.165) is 72.1 Å². The standard InChI is InChI=1S/C31H31ClN4O6S/c1-17(37)26-13-22(32)27(43-26)16-42-29-5-4-25-30(34-29)35-8-6-18(10-20(35)15-41-25)11-28-33-23-3-2-19(31(38)39)12-24(23)36(28)14-21-7-9-40-21/h2-5,12-13,18,20-21H,6-11,14-16H2,1H3,(H,38,39)/t18?,20?,21-/m0/s1. The van der Waals surface area contributed by atoms with Gasteiger partial charge in [0.05, 0.1) is 50.1 Å². The van der Waals surface area contributed by atoms with Crippen molar-refractivity contribution in [3.63, 3.8) is 0 Å². The van der Waals surface area contributed by atoms with E-state index >= 15 is 0 Å². The molecule has 0 aliphatic carbocycles. The molecule has 3 aliphatic rings. The molecule has 4 aromatic rings. The van der Waals surface area contributed by atoms with Gasteiger partial charge >= 0.3 is 5.97 Å². The average molecular weight is 623 g/mol. The summed E-state index contributed by atoms with van der Waals surface area (Å²) in [6, 6.07) is 10.7. The Balaban J connectivity index is 1.06. The number of piperidine rings is 1. The van der Waals surface area contributed by atoms with Crippen LogP contribution in [0.1, 0.15) is 56.9 Å². The van der Waals surface area contributed by atoms with E-state index in [1.165, 1.54) is 18.3 Å². The lowest BCUT2D eigenvalue weighted by Gasteiger charge is -2.43. The molecule has 224 valence electrons. The zero-order chi connectivity index (χ0) is 29.7. The molecule has 10 nitrogen and oxygen atoms in total. The van der Waals surface area contributed by atoms with Gasteiger partial charge in [-0.05, 0) is 62.4 Å². The SMILES string of the molecule is CC(=O)c1cc(Cl)c(COc2ccc3c(n2)N2CCC(Cc4nc5ccc(C(=O)O)cc5n4C[C@@H]4CCO4)CC2CO3)s1. The fourth-order valence-electron chi connectivity index (χ4n) is 6.13. The first-order chi connectivity index (χ1) is 20.8. The minimum Gasteiger partial charge on any atom is -0.488 e. The van der Waals surface area contributed by atoms with Crippen LogP contribution >= 0.6 is 22.9 Å². The lowest BCUT2D eigenvalue weighted by molar-refractivity contribution is -0.0590. The lowest BCUT2D eigenvalue weighted by Crippen LogP contribution is -2.49. The molecule has 0 bridgehead atoms. The maximum absolute atomic E-state index is 11.7. The quantitative estimate of drug-likeness (QED) is 0.237. The van der Waals surface area contributed by atoms with Crippen LogP contribution in [0.15, 0.2) is 36.4 Å². The molecular formula is C31H31ClN4O6S. The van der Waals surface area contributed by atoms with Crippen molar-refractivity contribution in [1.82, 2.24) is 14.5 Å².